The molecule has 0 radical (unpaired) electrons. The van der Waals surface area contributed by atoms with Gasteiger partial charge in [0.2, 0.25) is 0 Å². The topological polar surface area (TPSA) is 26.0 Å². The van der Waals surface area contributed by atoms with Crippen LogP contribution in [0.2, 0.25) is 0 Å². The lowest BCUT2D eigenvalue weighted by Crippen LogP contribution is -2.05. The molecule has 2 rings (SSSR count). The van der Waals surface area contributed by atoms with Gasteiger partial charge < -0.3 is 5.73 Å². The fourth-order valence-electron chi connectivity index (χ4n) is 2.60. The molecule has 0 aliphatic heterocycles. The molecule has 2 unspecified atom stereocenters. The van der Waals surface area contributed by atoms with Gasteiger partial charge in [-0.25, -0.2) is 0 Å². The number of nitrogens with two attached hydrogens (primary N) is 1. The van der Waals surface area contributed by atoms with Gasteiger partial charge in [-0.3, -0.25) is 0 Å². The number of benzene rings is 1. The minimum absolute atomic E-state index is 0.799. The molecule has 0 spiro atoms. The Balaban J connectivity index is 1.96. The van der Waals surface area contributed by atoms with Crippen molar-refractivity contribution < 1.29 is 0 Å². The molecule has 2 atom stereocenters. The highest BCUT2D eigenvalue weighted by Gasteiger charge is 2.24. The average Bonchev–Trinajstić information content (AvgIpc) is 2.68. The first kappa shape index (κ1) is 9.72. The molecule has 0 bridgehead atoms. The highest BCUT2D eigenvalue weighted by atomic mass is 14.5. The maximum Gasteiger partial charge on any atom is -0.00746 e. The quantitative estimate of drug-likeness (QED) is 0.777. The van der Waals surface area contributed by atoms with Gasteiger partial charge in [0.05, 0.1) is 0 Å². The second-order valence-corrected chi connectivity index (χ2v) is 4.36. The second-order valence-electron chi connectivity index (χ2n) is 4.36. The number of hydrogen-bond donors (Lipinski definition) is 1. The summed E-state index contributed by atoms with van der Waals surface area (Å²) in [4.78, 5) is 0. The third-order valence-corrected chi connectivity index (χ3v) is 3.39. The Morgan fingerprint density at radius 2 is 1.93 bits per heavy atom. The summed E-state index contributed by atoms with van der Waals surface area (Å²) in [5.41, 5.74) is 7.11. The summed E-state index contributed by atoms with van der Waals surface area (Å²) >= 11 is 0. The van der Waals surface area contributed by atoms with Gasteiger partial charge >= 0.3 is 0 Å². The summed E-state index contributed by atoms with van der Waals surface area (Å²) in [6.45, 7) is 0.853. The molecule has 14 heavy (non-hydrogen) atoms. The number of hydrogen-bond acceptors (Lipinski definition) is 1. The Morgan fingerprint density at radius 3 is 2.64 bits per heavy atom. The van der Waals surface area contributed by atoms with Crippen molar-refractivity contribution in [1.29, 1.82) is 0 Å². The first-order valence-electron chi connectivity index (χ1n) is 5.65. The van der Waals surface area contributed by atoms with Gasteiger partial charge in [-0.15, -0.1) is 0 Å². The zero-order valence-electron chi connectivity index (χ0n) is 8.65. The SMILES string of the molecule is NCCC1CCC(c2ccccc2)C1. The summed E-state index contributed by atoms with van der Waals surface area (Å²) in [5, 5.41) is 0. The predicted molar refractivity (Wildman–Crippen MR) is 60.2 cm³/mol. The summed E-state index contributed by atoms with van der Waals surface area (Å²) < 4.78 is 0. The van der Waals surface area contributed by atoms with Gasteiger partial charge in [0.1, 0.15) is 0 Å². The fourth-order valence-corrected chi connectivity index (χ4v) is 2.60. The smallest absolute Gasteiger partial charge is 0.00746 e. The zero-order valence-corrected chi connectivity index (χ0v) is 8.65. The molecule has 1 aliphatic rings. The van der Waals surface area contributed by atoms with Gasteiger partial charge in [-0.05, 0) is 49.6 Å². The van der Waals surface area contributed by atoms with Crippen LogP contribution >= 0.6 is 0 Å². The van der Waals surface area contributed by atoms with Crippen LogP contribution in [0.5, 0.6) is 0 Å². The van der Waals surface area contributed by atoms with Crippen LogP contribution in [0.15, 0.2) is 30.3 Å². The van der Waals surface area contributed by atoms with E-state index >= 15 is 0 Å². The molecule has 76 valence electrons. The summed E-state index contributed by atoms with van der Waals surface area (Å²) in [6, 6.07) is 10.9. The van der Waals surface area contributed by atoms with E-state index in [1.54, 1.807) is 0 Å². The first-order valence-corrected chi connectivity index (χ1v) is 5.65. The Hall–Kier alpha value is -0.820. The summed E-state index contributed by atoms with van der Waals surface area (Å²) in [5.74, 6) is 1.68. The summed E-state index contributed by atoms with van der Waals surface area (Å²) in [6.07, 6.45) is 5.29. The molecule has 0 amide bonds. The van der Waals surface area contributed by atoms with Crippen molar-refractivity contribution in [3.8, 4) is 0 Å². The van der Waals surface area contributed by atoms with Crippen molar-refractivity contribution in [2.45, 2.75) is 31.6 Å². The lowest BCUT2D eigenvalue weighted by atomic mass is 9.95. The van der Waals surface area contributed by atoms with Crippen molar-refractivity contribution in [2.24, 2.45) is 11.7 Å². The van der Waals surface area contributed by atoms with Gasteiger partial charge in [-0.1, -0.05) is 30.3 Å². The van der Waals surface area contributed by atoms with Crippen molar-refractivity contribution in [2.75, 3.05) is 6.54 Å². The van der Waals surface area contributed by atoms with E-state index in [0.717, 1.165) is 18.4 Å². The Bertz CT molecular complexity index is 268. The van der Waals surface area contributed by atoms with E-state index in [9.17, 15) is 0 Å². The molecule has 1 fully saturated rings. The van der Waals surface area contributed by atoms with Crippen molar-refractivity contribution in [1.82, 2.24) is 0 Å². The van der Waals surface area contributed by atoms with E-state index < -0.39 is 0 Å². The average molecular weight is 189 g/mol. The maximum absolute atomic E-state index is 5.59. The van der Waals surface area contributed by atoms with Crippen molar-refractivity contribution in [3.05, 3.63) is 35.9 Å². The van der Waals surface area contributed by atoms with E-state index in [2.05, 4.69) is 30.3 Å². The molecular weight excluding hydrogens is 170 g/mol. The van der Waals surface area contributed by atoms with E-state index in [1.165, 1.54) is 31.2 Å². The monoisotopic (exact) mass is 189 g/mol. The van der Waals surface area contributed by atoms with Gasteiger partial charge in [0.15, 0.2) is 0 Å². The third kappa shape index (κ3) is 2.16. The van der Waals surface area contributed by atoms with Crippen LogP contribution in [0.1, 0.15) is 37.2 Å². The molecular formula is C13H19N. The standard InChI is InChI=1S/C13H19N/c14-9-8-11-6-7-13(10-11)12-4-2-1-3-5-12/h1-5,11,13H,6-10,14H2. The minimum atomic E-state index is 0.799. The van der Waals surface area contributed by atoms with Crippen LogP contribution in [-0.2, 0) is 0 Å². The zero-order chi connectivity index (χ0) is 9.80. The largest absolute Gasteiger partial charge is 0.330 e. The highest BCUT2D eigenvalue weighted by molar-refractivity contribution is 5.20. The van der Waals surface area contributed by atoms with E-state index in [0.29, 0.717) is 0 Å². The van der Waals surface area contributed by atoms with Crippen LogP contribution in [0.4, 0.5) is 0 Å². The van der Waals surface area contributed by atoms with Crippen LogP contribution in [0, 0.1) is 5.92 Å². The molecule has 1 nitrogen and oxygen atoms in total. The Kier molecular flexibility index (Phi) is 3.20. The van der Waals surface area contributed by atoms with Crippen LogP contribution in [-0.4, -0.2) is 6.54 Å². The maximum atomic E-state index is 5.59. The van der Waals surface area contributed by atoms with Gasteiger partial charge in [0, 0.05) is 0 Å². The van der Waals surface area contributed by atoms with Crippen LogP contribution < -0.4 is 5.73 Å². The lowest BCUT2D eigenvalue weighted by molar-refractivity contribution is 0.503. The minimum Gasteiger partial charge on any atom is -0.330 e. The molecule has 0 heterocycles. The predicted octanol–water partition coefficient (Wildman–Crippen LogP) is 2.92. The van der Waals surface area contributed by atoms with Crippen molar-refractivity contribution >= 4 is 0 Å². The number of rotatable bonds is 3. The van der Waals surface area contributed by atoms with Crippen LogP contribution in [0.3, 0.4) is 0 Å². The van der Waals surface area contributed by atoms with Gasteiger partial charge in [0.25, 0.3) is 0 Å². The first-order chi connectivity index (χ1) is 6.90. The Labute approximate surface area is 86.3 Å². The van der Waals surface area contributed by atoms with E-state index in [-0.39, 0.29) is 0 Å². The van der Waals surface area contributed by atoms with Gasteiger partial charge in [-0.2, -0.15) is 0 Å². The molecule has 1 aromatic rings. The normalized spacial score (nSPS) is 26.6. The second kappa shape index (κ2) is 4.61. The lowest BCUT2D eigenvalue weighted by Gasteiger charge is -2.10. The van der Waals surface area contributed by atoms with E-state index in [4.69, 9.17) is 5.73 Å². The molecule has 1 aliphatic carbocycles. The molecule has 2 N–H and O–H groups in total. The molecule has 0 saturated heterocycles. The van der Waals surface area contributed by atoms with Crippen molar-refractivity contribution in [3.63, 3.8) is 0 Å². The van der Waals surface area contributed by atoms with E-state index in [1.807, 2.05) is 0 Å². The molecule has 1 aromatic carbocycles. The third-order valence-electron chi connectivity index (χ3n) is 3.39. The summed E-state index contributed by atoms with van der Waals surface area (Å²) in [7, 11) is 0. The highest BCUT2D eigenvalue weighted by Crippen LogP contribution is 2.39. The molecule has 1 heteroatoms. The molecule has 0 aromatic heterocycles. The fraction of sp³-hybridized carbons (Fsp3) is 0.538. The Morgan fingerprint density at radius 1 is 1.14 bits per heavy atom. The molecule has 1 saturated carbocycles. The van der Waals surface area contributed by atoms with Crippen LogP contribution in [0.25, 0.3) is 0 Å².